The van der Waals surface area contributed by atoms with Gasteiger partial charge in [-0.05, 0) is 36.8 Å². The number of halogens is 1. The lowest BCUT2D eigenvalue weighted by molar-refractivity contribution is 0.341. The van der Waals surface area contributed by atoms with E-state index in [9.17, 15) is 0 Å². The van der Waals surface area contributed by atoms with E-state index in [2.05, 4.69) is 5.32 Å². The van der Waals surface area contributed by atoms with E-state index in [1.54, 1.807) is 0 Å². The van der Waals surface area contributed by atoms with E-state index in [0.717, 1.165) is 23.0 Å². The Labute approximate surface area is 113 Å². The Morgan fingerprint density at radius 3 is 2.50 bits per heavy atom. The van der Waals surface area contributed by atoms with Gasteiger partial charge < -0.3 is 10.1 Å². The molecule has 0 aliphatic rings. The van der Waals surface area contributed by atoms with Crippen molar-refractivity contribution in [3.63, 3.8) is 0 Å². The maximum Gasteiger partial charge on any atom is 0.142 e. The summed E-state index contributed by atoms with van der Waals surface area (Å²) >= 11 is 5.85. The summed E-state index contributed by atoms with van der Waals surface area (Å²) < 4.78 is 5.56. The monoisotopic (exact) mass is 261 g/mol. The molecule has 0 heterocycles. The van der Waals surface area contributed by atoms with Gasteiger partial charge in [0.2, 0.25) is 0 Å². The predicted octanol–water partition coefficient (Wildman–Crippen LogP) is 4.35. The second kappa shape index (κ2) is 6.31. The highest BCUT2D eigenvalue weighted by atomic mass is 35.5. The molecule has 2 aromatic carbocycles. The number of ether oxygens (including phenoxy) is 1. The van der Waals surface area contributed by atoms with E-state index in [0.29, 0.717) is 6.61 Å². The Bertz CT molecular complexity index is 496. The molecule has 0 saturated heterocycles. The van der Waals surface area contributed by atoms with Crippen molar-refractivity contribution in [3.05, 3.63) is 59.1 Å². The Balaban J connectivity index is 2.03. The van der Waals surface area contributed by atoms with Crippen molar-refractivity contribution in [2.75, 3.05) is 11.9 Å². The highest BCUT2D eigenvalue weighted by Gasteiger charge is 2.01. The fourth-order valence-electron chi connectivity index (χ4n) is 1.69. The second-order valence-electron chi connectivity index (χ2n) is 3.91. The van der Waals surface area contributed by atoms with Crippen LogP contribution < -0.4 is 10.1 Å². The van der Waals surface area contributed by atoms with Gasteiger partial charge in [0.15, 0.2) is 0 Å². The molecule has 0 unspecified atom stereocenters. The van der Waals surface area contributed by atoms with E-state index in [-0.39, 0.29) is 0 Å². The number of nitrogens with one attached hydrogen (secondary N) is 1. The Morgan fingerprint density at radius 2 is 1.78 bits per heavy atom. The number of rotatable bonds is 5. The van der Waals surface area contributed by atoms with Gasteiger partial charge in [-0.3, -0.25) is 0 Å². The molecule has 0 aliphatic heterocycles. The van der Waals surface area contributed by atoms with Crippen LogP contribution in [0.3, 0.4) is 0 Å². The summed E-state index contributed by atoms with van der Waals surface area (Å²) in [5, 5.41) is 4.12. The summed E-state index contributed by atoms with van der Waals surface area (Å²) in [4.78, 5) is 0. The third-order valence-corrected chi connectivity index (χ3v) is 2.84. The molecule has 0 aromatic heterocycles. The number of hydrogen-bond donors (Lipinski definition) is 1. The summed E-state index contributed by atoms with van der Waals surface area (Å²) in [5.41, 5.74) is 2.19. The highest BCUT2D eigenvalue weighted by molar-refractivity contribution is 6.30. The average molecular weight is 262 g/mol. The first-order valence-corrected chi connectivity index (χ1v) is 6.37. The highest BCUT2D eigenvalue weighted by Crippen LogP contribution is 2.24. The minimum Gasteiger partial charge on any atom is -0.492 e. The van der Waals surface area contributed by atoms with Crippen LogP contribution in [-0.2, 0) is 6.54 Å². The van der Waals surface area contributed by atoms with Gasteiger partial charge >= 0.3 is 0 Å². The molecule has 2 aromatic rings. The van der Waals surface area contributed by atoms with E-state index < -0.39 is 0 Å². The van der Waals surface area contributed by atoms with Crippen LogP contribution in [0.4, 0.5) is 5.69 Å². The zero-order chi connectivity index (χ0) is 12.8. The maximum atomic E-state index is 5.85. The largest absolute Gasteiger partial charge is 0.492 e. The molecule has 0 radical (unpaired) electrons. The number of hydrogen-bond acceptors (Lipinski definition) is 2. The molecule has 3 heteroatoms. The molecule has 0 fully saturated rings. The Kier molecular flexibility index (Phi) is 4.48. The quantitative estimate of drug-likeness (QED) is 0.864. The van der Waals surface area contributed by atoms with Gasteiger partial charge in [-0.15, -0.1) is 0 Å². The van der Waals surface area contributed by atoms with Gasteiger partial charge in [0, 0.05) is 11.6 Å². The minimum atomic E-state index is 0.666. The molecule has 0 amide bonds. The smallest absolute Gasteiger partial charge is 0.142 e. The molecule has 18 heavy (non-hydrogen) atoms. The normalized spacial score (nSPS) is 10.1. The minimum absolute atomic E-state index is 0.666. The molecule has 2 rings (SSSR count). The van der Waals surface area contributed by atoms with Gasteiger partial charge in [-0.25, -0.2) is 0 Å². The number of benzene rings is 2. The molecule has 94 valence electrons. The summed E-state index contributed by atoms with van der Waals surface area (Å²) in [6.45, 7) is 3.40. The van der Waals surface area contributed by atoms with Crippen LogP contribution in [0.1, 0.15) is 12.5 Å². The first-order chi connectivity index (χ1) is 8.79. The third-order valence-electron chi connectivity index (χ3n) is 2.58. The van der Waals surface area contributed by atoms with Crippen molar-refractivity contribution < 1.29 is 4.74 Å². The van der Waals surface area contributed by atoms with Gasteiger partial charge in [0.05, 0.1) is 12.3 Å². The lowest BCUT2D eigenvalue weighted by Gasteiger charge is -2.12. The second-order valence-corrected chi connectivity index (χ2v) is 4.35. The molecule has 2 nitrogen and oxygen atoms in total. The zero-order valence-electron chi connectivity index (χ0n) is 10.3. The first-order valence-electron chi connectivity index (χ1n) is 5.99. The van der Waals surface area contributed by atoms with Crippen molar-refractivity contribution in [2.45, 2.75) is 13.5 Å². The first kappa shape index (κ1) is 12.8. The van der Waals surface area contributed by atoms with E-state index in [1.807, 2.05) is 55.5 Å². The van der Waals surface area contributed by atoms with Crippen LogP contribution in [-0.4, -0.2) is 6.61 Å². The molecule has 0 aliphatic carbocycles. The fraction of sp³-hybridized carbons (Fsp3) is 0.200. The summed E-state index contributed by atoms with van der Waals surface area (Å²) in [5.74, 6) is 0.883. The summed E-state index contributed by atoms with van der Waals surface area (Å²) in [6, 6.07) is 15.8. The van der Waals surface area contributed by atoms with Gasteiger partial charge in [0.25, 0.3) is 0 Å². The molecular weight excluding hydrogens is 246 g/mol. The van der Waals surface area contributed by atoms with Crippen LogP contribution in [0.2, 0.25) is 5.02 Å². The lowest BCUT2D eigenvalue weighted by Crippen LogP contribution is -2.02. The molecule has 0 spiro atoms. The van der Waals surface area contributed by atoms with Crippen LogP contribution in [0.25, 0.3) is 0 Å². The maximum absolute atomic E-state index is 5.85. The van der Waals surface area contributed by atoms with Crippen molar-refractivity contribution >= 4 is 17.3 Å². The van der Waals surface area contributed by atoms with Crippen molar-refractivity contribution in [1.82, 2.24) is 0 Å². The van der Waals surface area contributed by atoms with Crippen LogP contribution in [0.15, 0.2) is 48.5 Å². The lowest BCUT2D eigenvalue weighted by atomic mass is 10.2. The summed E-state index contributed by atoms with van der Waals surface area (Å²) in [6.07, 6.45) is 0. The average Bonchev–Trinajstić information content (AvgIpc) is 2.40. The zero-order valence-corrected chi connectivity index (χ0v) is 11.1. The van der Waals surface area contributed by atoms with Gasteiger partial charge in [-0.1, -0.05) is 35.9 Å². The van der Waals surface area contributed by atoms with E-state index in [1.165, 1.54) is 5.56 Å². The SMILES string of the molecule is CCOc1ccccc1NCc1ccc(Cl)cc1. The molecule has 0 atom stereocenters. The predicted molar refractivity (Wildman–Crippen MR) is 76.4 cm³/mol. The van der Waals surface area contributed by atoms with E-state index in [4.69, 9.17) is 16.3 Å². The van der Waals surface area contributed by atoms with Crippen LogP contribution >= 0.6 is 11.6 Å². The van der Waals surface area contributed by atoms with E-state index >= 15 is 0 Å². The summed E-state index contributed by atoms with van der Waals surface area (Å²) in [7, 11) is 0. The molecular formula is C15H16ClNO. The van der Waals surface area contributed by atoms with Crippen molar-refractivity contribution in [1.29, 1.82) is 0 Å². The van der Waals surface area contributed by atoms with Gasteiger partial charge in [0.1, 0.15) is 5.75 Å². The molecule has 0 saturated carbocycles. The Hall–Kier alpha value is -1.67. The van der Waals surface area contributed by atoms with Crippen LogP contribution in [0, 0.1) is 0 Å². The van der Waals surface area contributed by atoms with Crippen molar-refractivity contribution in [3.8, 4) is 5.75 Å². The van der Waals surface area contributed by atoms with Gasteiger partial charge in [-0.2, -0.15) is 0 Å². The topological polar surface area (TPSA) is 21.3 Å². The molecule has 1 N–H and O–H groups in total. The number of anilines is 1. The standard InChI is InChI=1S/C15H16ClNO/c1-2-18-15-6-4-3-5-14(15)17-11-12-7-9-13(16)10-8-12/h3-10,17H,2,11H2,1H3. The Morgan fingerprint density at radius 1 is 1.06 bits per heavy atom. The third kappa shape index (κ3) is 3.41. The van der Waals surface area contributed by atoms with Crippen LogP contribution in [0.5, 0.6) is 5.75 Å². The fourth-order valence-corrected chi connectivity index (χ4v) is 1.82. The van der Waals surface area contributed by atoms with Crippen molar-refractivity contribution in [2.24, 2.45) is 0 Å². The number of para-hydroxylation sites is 2. The molecule has 0 bridgehead atoms.